The van der Waals surface area contributed by atoms with E-state index in [0.717, 1.165) is 18.4 Å². The van der Waals surface area contributed by atoms with Crippen LogP contribution in [0.25, 0.3) is 0 Å². The van der Waals surface area contributed by atoms with Crippen molar-refractivity contribution < 1.29 is 18.4 Å². The Kier molecular flexibility index (Phi) is 3.94. The Morgan fingerprint density at radius 3 is 2.96 bits per heavy atom. The second-order valence-electron chi connectivity index (χ2n) is 6.87. The predicted octanol–water partition coefficient (Wildman–Crippen LogP) is 3.00. The highest BCUT2D eigenvalue weighted by Gasteiger charge is 2.40. The molecule has 6 nitrogen and oxygen atoms in total. The Bertz CT molecular complexity index is 805. The van der Waals surface area contributed by atoms with E-state index in [-0.39, 0.29) is 23.6 Å². The molecule has 132 valence electrons. The molecular weight excluding hydrogens is 325 g/mol. The monoisotopic (exact) mass is 345 g/mol. The van der Waals surface area contributed by atoms with Crippen molar-refractivity contribution in [2.45, 2.75) is 51.2 Å². The first kappa shape index (κ1) is 16.1. The van der Waals surface area contributed by atoms with E-state index in [4.69, 9.17) is 9.26 Å². The van der Waals surface area contributed by atoms with Crippen LogP contribution in [0.2, 0.25) is 0 Å². The maximum Gasteiger partial charge on any atom is 0.264 e. The number of rotatable bonds is 3. The molecule has 0 aliphatic carbocycles. The standard InChI is InChI=1S/C18H20FN3O3/c1-10(2)17-20-16(21-25-17)13-7-4-8-22(13)18(23)14-9-11-5-3-6-12(19)15(11)24-14/h3,5-6,10,13-14H,4,7-9H2,1-2H3/t13-,14-/m0/s1. The fourth-order valence-corrected chi connectivity index (χ4v) is 3.47. The summed E-state index contributed by atoms with van der Waals surface area (Å²) in [5.74, 6) is 0.873. The minimum atomic E-state index is -0.691. The summed E-state index contributed by atoms with van der Waals surface area (Å²) in [5.41, 5.74) is 0.732. The Labute approximate surface area is 145 Å². The first-order chi connectivity index (χ1) is 12.0. The van der Waals surface area contributed by atoms with Gasteiger partial charge < -0.3 is 14.2 Å². The number of aromatic nitrogens is 2. The molecule has 0 saturated carbocycles. The van der Waals surface area contributed by atoms with Gasteiger partial charge in [-0.25, -0.2) is 4.39 Å². The van der Waals surface area contributed by atoms with Gasteiger partial charge in [0.15, 0.2) is 23.5 Å². The largest absolute Gasteiger partial charge is 0.477 e. The van der Waals surface area contributed by atoms with E-state index in [1.807, 2.05) is 13.8 Å². The van der Waals surface area contributed by atoms with E-state index in [1.165, 1.54) is 6.07 Å². The van der Waals surface area contributed by atoms with Crippen LogP contribution < -0.4 is 4.74 Å². The van der Waals surface area contributed by atoms with Crippen molar-refractivity contribution in [3.05, 3.63) is 41.3 Å². The number of likely N-dealkylation sites (tertiary alicyclic amines) is 1. The van der Waals surface area contributed by atoms with Crippen LogP contribution >= 0.6 is 0 Å². The summed E-state index contributed by atoms with van der Waals surface area (Å²) in [6.45, 7) is 4.58. The zero-order valence-electron chi connectivity index (χ0n) is 14.2. The fourth-order valence-electron chi connectivity index (χ4n) is 3.47. The number of hydrogen-bond acceptors (Lipinski definition) is 5. The van der Waals surface area contributed by atoms with E-state index in [0.29, 0.717) is 24.7 Å². The van der Waals surface area contributed by atoms with Gasteiger partial charge in [-0.05, 0) is 18.9 Å². The van der Waals surface area contributed by atoms with Crippen LogP contribution in [0.1, 0.15) is 55.9 Å². The number of hydrogen-bond donors (Lipinski definition) is 0. The lowest BCUT2D eigenvalue weighted by atomic mass is 10.1. The molecule has 1 aromatic heterocycles. The summed E-state index contributed by atoms with van der Waals surface area (Å²) in [6, 6.07) is 4.56. The van der Waals surface area contributed by atoms with E-state index >= 15 is 0 Å². The van der Waals surface area contributed by atoms with Gasteiger partial charge in [-0.3, -0.25) is 4.79 Å². The number of amides is 1. The van der Waals surface area contributed by atoms with Crippen molar-refractivity contribution >= 4 is 5.91 Å². The number of ether oxygens (including phenoxy) is 1. The third-order valence-electron chi connectivity index (χ3n) is 4.77. The fraction of sp³-hybridized carbons (Fsp3) is 0.500. The molecule has 2 aliphatic rings. The van der Waals surface area contributed by atoms with Crippen LogP contribution in [0.3, 0.4) is 0 Å². The van der Waals surface area contributed by atoms with Crippen LogP contribution in [-0.2, 0) is 11.2 Å². The minimum absolute atomic E-state index is 0.141. The van der Waals surface area contributed by atoms with E-state index in [9.17, 15) is 9.18 Å². The van der Waals surface area contributed by atoms with Crippen LogP contribution in [0.4, 0.5) is 4.39 Å². The Balaban J connectivity index is 1.53. The summed E-state index contributed by atoms with van der Waals surface area (Å²) in [6.07, 6.45) is 1.36. The van der Waals surface area contributed by atoms with Gasteiger partial charge in [-0.1, -0.05) is 31.1 Å². The number of carbonyl (C=O) groups is 1. The van der Waals surface area contributed by atoms with Crippen molar-refractivity contribution in [1.29, 1.82) is 0 Å². The second kappa shape index (κ2) is 6.13. The van der Waals surface area contributed by atoms with E-state index < -0.39 is 11.9 Å². The molecule has 7 heteroatoms. The molecule has 2 aliphatic heterocycles. The van der Waals surface area contributed by atoms with Gasteiger partial charge in [0.05, 0.1) is 6.04 Å². The van der Waals surface area contributed by atoms with Crippen LogP contribution in [0.5, 0.6) is 5.75 Å². The van der Waals surface area contributed by atoms with Crippen molar-refractivity contribution in [2.24, 2.45) is 0 Å². The van der Waals surface area contributed by atoms with Gasteiger partial charge in [0.1, 0.15) is 0 Å². The highest BCUT2D eigenvalue weighted by molar-refractivity contribution is 5.83. The Morgan fingerprint density at radius 1 is 1.40 bits per heavy atom. The first-order valence-electron chi connectivity index (χ1n) is 8.62. The summed E-state index contributed by atoms with van der Waals surface area (Å²) in [7, 11) is 0. The molecule has 4 rings (SSSR count). The van der Waals surface area contributed by atoms with E-state index in [1.54, 1.807) is 17.0 Å². The quantitative estimate of drug-likeness (QED) is 0.855. The first-order valence-corrected chi connectivity index (χ1v) is 8.62. The number of benzene rings is 1. The third-order valence-corrected chi connectivity index (χ3v) is 4.77. The van der Waals surface area contributed by atoms with Crippen molar-refractivity contribution in [3.8, 4) is 5.75 Å². The number of para-hydroxylation sites is 1. The van der Waals surface area contributed by atoms with Crippen LogP contribution in [-0.4, -0.2) is 33.6 Å². The molecule has 1 fully saturated rings. The van der Waals surface area contributed by atoms with Gasteiger partial charge in [0.2, 0.25) is 5.89 Å². The van der Waals surface area contributed by atoms with Crippen molar-refractivity contribution in [1.82, 2.24) is 15.0 Å². The minimum Gasteiger partial charge on any atom is -0.477 e. The molecule has 0 N–H and O–H groups in total. The maximum absolute atomic E-state index is 13.8. The van der Waals surface area contributed by atoms with E-state index in [2.05, 4.69) is 10.1 Å². The molecule has 2 atom stereocenters. The highest BCUT2D eigenvalue weighted by Crippen LogP contribution is 2.36. The summed E-state index contributed by atoms with van der Waals surface area (Å²) in [4.78, 5) is 19.1. The normalized spacial score (nSPS) is 22.3. The van der Waals surface area contributed by atoms with Gasteiger partial charge in [0, 0.05) is 24.4 Å². The summed E-state index contributed by atoms with van der Waals surface area (Å²) >= 11 is 0. The molecule has 1 aromatic carbocycles. The maximum atomic E-state index is 13.8. The van der Waals surface area contributed by atoms with Gasteiger partial charge >= 0.3 is 0 Å². The molecule has 1 amide bonds. The number of halogens is 1. The molecular formula is C18H20FN3O3. The van der Waals surface area contributed by atoms with Gasteiger partial charge in [-0.2, -0.15) is 4.98 Å². The lowest BCUT2D eigenvalue weighted by Gasteiger charge is -2.25. The van der Waals surface area contributed by atoms with Crippen LogP contribution in [0.15, 0.2) is 22.7 Å². The summed E-state index contributed by atoms with van der Waals surface area (Å²) < 4.78 is 24.7. The second-order valence-corrected chi connectivity index (χ2v) is 6.87. The number of nitrogens with zero attached hydrogens (tertiary/aromatic N) is 3. The number of carbonyl (C=O) groups excluding carboxylic acids is 1. The van der Waals surface area contributed by atoms with Crippen LogP contribution in [0, 0.1) is 5.82 Å². The molecule has 0 unspecified atom stereocenters. The average Bonchev–Trinajstić information content (AvgIpc) is 3.32. The zero-order chi connectivity index (χ0) is 17.6. The summed E-state index contributed by atoms with van der Waals surface area (Å²) in [5, 5.41) is 4.05. The van der Waals surface area contributed by atoms with Crippen molar-refractivity contribution in [3.63, 3.8) is 0 Å². The van der Waals surface area contributed by atoms with Crippen molar-refractivity contribution in [2.75, 3.05) is 6.54 Å². The molecule has 3 heterocycles. The molecule has 2 aromatic rings. The van der Waals surface area contributed by atoms with Gasteiger partial charge in [0.25, 0.3) is 5.91 Å². The Morgan fingerprint density at radius 2 is 2.24 bits per heavy atom. The predicted molar refractivity (Wildman–Crippen MR) is 86.6 cm³/mol. The lowest BCUT2D eigenvalue weighted by Crippen LogP contribution is -2.41. The molecule has 0 bridgehead atoms. The molecule has 1 saturated heterocycles. The molecule has 0 spiro atoms. The number of fused-ring (bicyclic) bond motifs is 1. The van der Waals surface area contributed by atoms with Gasteiger partial charge in [-0.15, -0.1) is 0 Å². The topological polar surface area (TPSA) is 68.5 Å². The average molecular weight is 345 g/mol. The highest BCUT2D eigenvalue weighted by atomic mass is 19.1. The molecule has 0 radical (unpaired) electrons. The molecule has 25 heavy (non-hydrogen) atoms. The lowest BCUT2D eigenvalue weighted by molar-refractivity contribution is -0.139. The third kappa shape index (κ3) is 2.77. The Hall–Kier alpha value is -2.44. The zero-order valence-corrected chi connectivity index (χ0v) is 14.2. The smallest absolute Gasteiger partial charge is 0.264 e. The SMILES string of the molecule is CC(C)c1nc([C@@H]2CCCN2C(=O)[C@@H]2Cc3cccc(F)c3O2)no1.